The summed E-state index contributed by atoms with van der Waals surface area (Å²) in [5.74, 6) is -0.746. The molecule has 9 heteroatoms. The number of nitrogen functional groups attached to an aromatic ring is 1. The summed E-state index contributed by atoms with van der Waals surface area (Å²) < 4.78 is 19.4. The number of carbonyl (C=O) groups is 1. The molecule has 3 aromatic heterocycles. The van der Waals surface area contributed by atoms with Gasteiger partial charge in [-0.2, -0.15) is 0 Å². The van der Waals surface area contributed by atoms with E-state index in [1.165, 1.54) is 19.5 Å². The second-order valence-electron chi connectivity index (χ2n) is 4.33. The standard InChI is InChI=1S/C13H11FN6O2/c1-22-9-2-3-16-5-8(9)18-13(21)10-11(15)19-20-6-7(14)4-17-12(10)20/h2-6H,1H3,(H2,15,19)(H,18,21). The zero-order valence-electron chi connectivity index (χ0n) is 11.4. The fourth-order valence-corrected chi connectivity index (χ4v) is 1.99. The maximum absolute atomic E-state index is 13.1. The molecule has 3 heterocycles. The van der Waals surface area contributed by atoms with Crippen molar-refractivity contribution in [2.24, 2.45) is 0 Å². The van der Waals surface area contributed by atoms with Gasteiger partial charge in [-0.3, -0.25) is 9.78 Å². The van der Waals surface area contributed by atoms with E-state index in [2.05, 4.69) is 20.4 Å². The van der Waals surface area contributed by atoms with Crippen LogP contribution in [0.2, 0.25) is 0 Å². The van der Waals surface area contributed by atoms with Gasteiger partial charge in [0.15, 0.2) is 17.3 Å². The van der Waals surface area contributed by atoms with Crippen LogP contribution in [0.3, 0.4) is 0 Å². The minimum absolute atomic E-state index is 0.0471. The van der Waals surface area contributed by atoms with Crippen LogP contribution in [0, 0.1) is 5.82 Å². The number of pyridine rings is 1. The monoisotopic (exact) mass is 302 g/mol. The van der Waals surface area contributed by atoms with E-state index in [1.54, 1.807) is 6.07 Å². The molecule has 3 N–H and O–H groups in total. The van der Waals surface area contributed by atoms with Crippen LogP contribution in [0.25, 0.3) is 5.65 Å². The van der Waals surface area contributed by atoms with Gasteiger partial charge in [0, 0.05) is 12.3 Å². The maximum Gasteiger partial charge on any atom is 0.263 e. The van der Waals surface area contributed by atoms with Gasteiger partial charge in [0.1, 0.15) is 17.0 Å². The van der Waals surface area contributed by atoms with Crippen LogP contribution in [-0.2, 0) is 0 Å². The SMILES string of the molecule is COc1ccncc1NC(=O)c1c(N)nn2cc(F)cnc12. The molecule has 22 heavy (non-hydrogen) atoms. The largest absolute Gasteiger partial charge is 0.494 e. The smallest absolute Gasteiger partial charge is 0.263 e. The molecule has 112 valence electrons. The number of methoxy groups -OCH3 is 1. The third-order valence-electron chi connectivity index (χ3n) is 2.94. The molecule has 0 aliphatic carbocycles. The van der Waals surface area contributed by atoms with E-state index in [-0.39, 0.29) is 17.0 Å². The number of hydrogen-bond acceptors (Lipinski definition) is 6. The van der Waals surface area contributed by atoms with Gasteiger partial charge in [0.25, 0.3) is 5.91 Å². The fraction of sp³-hybridized carbons (Fsp3) is 0.0769. The Morgan fingerprint density at radius 2 is 2.27 bits per heavy atom. The zero-order chi connectivity index (χ0) is 15.7. The number of ether oxygens (including phenoxy) is 1. The van der Waals surface area contributed by atoms with Crippen molar-refractivity contribution >= 4 is 23.1 Å². The summed E-state index contributed by atoms with van der Waals surface area (Å²) in [6.45, 7) is 0. The molecule has 0 radical (unpaired) electrons. The van der Waals surface area contributed by atoms with Crippen molar-refractivity contribution in [1.29, 1.82) is 0 Å². The average molecular weight is 302 g/mol. The Bertz CT molecular complexity index is 863. The lowest BCUT2D eigenvalue weighted by Gasteiger charge is -2.08. The summed E-state index contributed by atoms with van der Waals surface area (Å²) in [6.07, 6.45) is 5.03. The van der Waals surface area contributed by atoms with Crippen molar-refractivity contribution in [3.05, 3.63) is 42.2 Å². The Balaban J connectivity index is 2.00. The van der Waals surface area contributed by atoms with Crippen LogP contribution in [-0.4, -0.2) is 32.6 Å². The molecule has 0 saturated carbocycles. The van der Waals surface area contributed by atoms with Crippen LogP contribution in [0.15, 0.2) is 30.9 Å². The Morgan fingerprint density at radius 3 is 3.05 bits per heavy atom. The Kier molecular flexibility index (Phi) is 3.30. The van der Waals surface area contributed by atoms with Gasteiger partial charge in [-0.1, -0.05) is 0 Å². The summed E-state index contributed by atoms with van der Waals surface area (Å²) in [5.41, 5.74) is 6.30. The molecule has 8 nitrogen and oxygen atoms in total. The molecule has 0 spiro atoms. The van der Waals surface area contributed by atoms with Crippen LogP contribution >= 0.6 is 0 Å². The predicted octanol–water partition coefficient (Wildman–Crippen LogP) is 1.11. The van der Waals surface area contributed by atoms with Crippen molar-refractivity contribution in [3.63, 3.8) is 0 Å². The predicted molar refractivity (Wildman–Crippen MR) is 76.1 cm³/mol. The highest BCUT2D eigenvalue weighted by Gasteiger charge is 2.20. The second-order valence-corrected chi connectivity index (χ2v) is 4.33. The van der Waals surface area contributed by atoms with Crippen molar-refractivity contribution in [2.75, 3.05) is 18.2 Å². The lowest BCUT2D eigenvalue weighted by atomic mass is 10.2. The first-order chi connectivity index (χ1) is 10.6. The quantitative estimate of drug-likeness (QED) is 0.750. The van der Waals surface area contributed by atoms with E-state index in [4.69, 9.17) is 10.5 Å². The zero-order valence-corrected chi connectivity index (χ0v) is 11.4. The highest BCUT2D eigenvalue weighted by Crippen LogP contribution is 2.24. The summed E-state index contributed by atoms with van der Waals surface area (Å²) in [6, 6.07) is 1.60. The third kappa shape index (κ3) is 2.28. The van der Waals surface area contributed by atoms with Crippen LogP contribution in [0.4, 0.5) is 15.9 Å². The number of aromatic nitrogens is 4. The third-order valence-corrected chi connectivity index (χ3v) is 2.94. The first kappa shape index (κ1) is 13.7. The van der Waals surface area contributed by atoms with Crippen molar-refractivity contribution < 1.29 is 13.9 Å². The second kappa shape index (κ2) is 5.28. The number of hydrogen-bond donors (Lipinski definition) is 2. The first-order valence-electron chi connectivity index (χ1n) is 6.19. The van der Waals surface area contributed by atoms with Gasteiger partial charge < -0.3 is 15.8 Å². The molecule has 0 aliphatic heterocycles. The Hall–Kier alpha value is -3.23. The maximum atomic E-state index is 13.1. The van der Waals surface area contributed by atoms with Crippen molar-refractivity contribution in [3.8, 4) is 5.75 Å². The van der Waals surface area contributed by atoms with E-state index in [1.807, 2.05) is 0 Å². The van der Waals surface area contributed by atoms with E-state index >= 15 is 0 Å². The number of fused-ring (bicyclic) bond motifs is 1. The topological polar surface area (TPSA) is 107 Å². The summed E-state index contributed by atoms with van der Waals surface area (Å²) in [4.78, 5) is 20.2. The van der Waals surface area contributed by atoms with Gasteiger partial charge >= 0.3 is 0 Å². The highest BCUT2D eigenvalue weighted by atomic mass is 19.1. The molecular weight excluding hydrogens is 291 g/mol. The van der Waals surface area contributed by atoms with Gasteiger partial charge in [-0.05, 0) is 0 Å². The minimum atomic E-state index is -0.587. The number of nitrogens with two attached hydrogens (primary N) is 1. The first-order valence-corrected chi connectivity index (χ1v) is 6.19. The molecule has 0 aliphatic rings. The fourth-order valence-electron chi connectivity index (χ4n) is 1.99. The van der Waals surface area contributed by atoms with Gasteiger partial charge in [0.2, 0.25) is 0 Å². The molecule has 0 aromatic carbocycles. The Morgan fingerprint density at radius 1 is 1.45 bits per heavy atom. The molecule has 1 amide bonds. The molecule has 3 aromatic rings. The molecular formula is C13H11FN6O2. The van der Waals surface area contributed by atoms with Crippen LogP contribution in [0.5, 0.6) is 5.75 Å². The number of rotatable bonds is 3. The van der Waals surface area contributed by atoms with E-state index in [0.717, 1.165) is 16.9 Å². The normalized spacial score (nSPS) is 10.6. The number of anilines is 2. The summed E-state index contributed by atoms with van der Waals surface area (Å²) in [5, 5.41) is 6.48. The summed E-state index contributed by atoms with van der Waals surface area (Å²) >= 11 is 0. The lowest BCUT2D eigenvalue weighted by molar-refractivity contribution is 0.102. The lowest BCUT2D eigenvalue weighted by Crippen LogP contribution is -2.14. The highest BCUT2D eigenvalue weighted by molar-refractivity contribution is 6.11. The van der Waals surface area contributed by atoms with Gasteiger partial charge in [-0.15, -0.1) is 5.10 Å². The van der Waals surface area contributed by atoms with Crippen LogP contribution in [0.1, 0.15) is 10.4 Å². The molecule has 0 fully saturated rings. The number of nitrogens with one attached hydrogen (secondary N) is 1. The molecule has 0 saturated heterocycles. The van der Waals surface area contributed by atoms with E-state index < -0.39 is 11.7 Å². The average Bonchev–Trinajstić information content (AvgIpc) is 2.82. The van der Waals surface area contributed by atoms with Gasteiger partial charge in [0.05, 0.1) is 25.7 Å². The molecule has 0 unspecified atom stereocenters. The minimum Gasteiger partial charge on any atom is -0.494 e. The van der Waals surface area contributed by atoms with Crippen molar-refractivity contribution in [1.82, 2.24) is 19.6 Å². The Labute approximate surface area is 123 Å². The number of halogens is 1. The van der Waals surface area contributed by atoms with E-state index in [9.17, 15) is 9.18 Å². The van der Waals surface area contributed by atoms with E-state index in [0.29, 0.717) is 11.4 Å². The van der Waals surface area contributed by atoms with Crippen LogP contribution < -0.4 is 15.8 Å². The number of amides is 1. The number of nitrogens with zero attached hydrogens (tertiary/aromatic N) is 4. The molecule has 0 bridgehead atoms. The van der Waals surface area contributed by atoms with Crippen molar-refractivity contribution in [2.45, 2.75) is 0 Å². The molecule has 3 rings (SSSR count). The summed E-state index contributed by atoms with van der Waals surface area (Å²) in [7, 11) is 1.47. The number of carbonyl (C=O) groups excluding carboxylic acids is 1. The molecule has 0 atom stereocenters. The van der Waals surface area contributed by atoms with Gasteiger partial charge in [-0.25, -0.2) is 13.9 Å².